The van der Waals surface area contributed by atoms with Crippen molar-refractivity contribution in [3.05, 3.63) is 54.1 Å². The zero-order valence-electron chi connectivity index (χ0n) is 17.7. The molecule has 2 aromatic rings. The molecule has 7 nitrogen and oxygen atoms in total. The van der Waals surface area contributed by atoms with Crippen LogP contribution in [0, 0.1) is 5.92 Å². The number of fused-ring (bicyclic) bond motifs is 1. The van der Waals surface area contributed by atoms with Gasteiger partial charge in [-0.25, -0.2) is 4.79 Å². The SMILES string of the molecule is CC(C)c1ccc(NC(=O)[C@H](NC(=O)N2CC(=O)Nc3ccccc32)C(C)C)cc1. The second kappa shape index (κ2) is 8.98. The quantitative estimate of drug-likeness (QED) is 0.700. The standard InChI is InChI=1S/C23H28N4O3/c1-14(2)16-9-11-17(12-10-16)24-22(29)21(15(3)4)26-23(30)27-13-20(28)25-18-7-5-6-8-19(18)27/h5-12,14-15,21H,13H2,1-4H3,(H,24,29)(H,25,28)(H,26,30)/t21-/m1/s1. The third-order valence-corrected chi connectivity index (χ3v) is 5.09. The number of nitrogens with one attached hydrogen (secondary N) is 3. The number of carbonyl (C=O) groups is 3. The summed E-state index contributed by atoms with van der Waals surface area (Å²) in [6.07, 6.45) is 0. The van der Waals surface area contributed by atoms with E-state index in [9.17, 15) is 14.4 Å². The maximum atomic E-state index is 13.0. The summed E-state index contributed by atoms with van der Waals surface area (Å²) < 4.78 is 0. The normalized spacial score (nSPS) is 14.2. The van der Waals surface area contributed by atoms with Gasteiger partial charge in [-0.3, -0.25) is 14.5 Å². The number of anilines is 3. The first-order chi connectivity index (χ1) is 14.3. The van der Waals surface area contributed by atoms with Crippen LogP contribution in [0.5, 0.6) is 0 Å². The Balaban J connectivity index is 1.73. The van der Waals surface area contributed by atoms with Crippen molar-refractivity contribution in [3.8, 4) is 0 Å². The van der Waals surface area contributed by atoms with Crippen molar-refractivity contribution in [2.24, 2.45) is 5.92 Å². The van der Waals surface area contributed by atoms with Gasteiger partial charge in [-0.15, -0.1) is 0 Å². The summed E-state index contributed by atoms with van der Waals surface area (Å²) in [7, 11) is 0. The second-order valence-electron chi connectivity index (χ2n) is 8.09. The third kappa shape index (κ3) is 4.79. The highest BCUT2D eigenvalue weighted by molar-refractivity contribution is 6.10. The molecule has 1 heterocycles. The molecule has 1 aliphatic heterocycles. The van der Waals surface area contributed by atoms with E-state index < -0.39 is 12.1 Å². The van der Waals surface area contributed by atoms with Crippen molar-refractivity contribution in [1.29, 1.82) is 0 Å². The Morgan fingerprint density at radius 3 is 2.30 bits per heavy atom. The molecule has 0 saturated carbocycles. The maximum absolute atomic E-state index is 13.0. The number of hydrogen-bond acceptors (Lipinski definition) is 3. The Hall–Kier alpha value is -3.35. The van der Waals surface area contributed by atoms with Crippen molar-refractivity contribution in [3.63, 3.8) is 0 Å². The minimum Gasteiger partial charge on any atom is -0.326 e. The van der Waals surface area contributed by atoms with E-state index in [0.29, 0.717) is 23.0 Å². The Morgan fingerprint density at radius 1 is 1.00 bits per heavy atom. The fraction of sp³-hybridized carbons (Fsp3) is 0.348. The van der Waals surface area contributed by atoms with E-state index in [1.54, 1.807) is 24.3 Å². The molecular formula is C23H28N4O3. The molecule has 0 unspecified atom stereocenters. The molecule has 0 spiro atoms. The van der Waals surface area contributed by atoms with Gasteiger partial charge in [0.2, 0.25) is 11.8 Å². The lowest BCUT2D eigenvalue weighted by Gasteiger charge is -2.31. The van der Waals surface area contributed by atoms with Gasteiger partial charge < -0.3 is 16.0 Å². The van der Waals surface area contributed by atoms with Crippen molar-refractivity contribution in [2.75, 3.05) is 22.1 Å². The van der Waals surface area contributed by atoms with Gasteiger partial charge in [0.1, 0.15) is 12.6 Å². The van der Waals surface area contributed by atoms with E-state index in [2.05, 4.69) is 29.8 Å². The van der Waals surface area contributed by atoms with Crippen LogP contribution in [0.2, 0.25) is 0 Å². The lowest BCUT2D eigenvalue weighted by atomic mass is 10.0. The molecule has 1 aliphatic rings. The Morgan fingerprint density at radius 2 is 1.67 bits per heavy atom. The molecular weight excluding hydrogens is 380 g/mol. The van der Waals surface area contributed by atoms with Crippen LogP contribution in [0.25, 0.3) is 0 Å². The van der Waals surface area contributed by atoms with E-state index in [0.717, 1.165) is 0 Å². The zero-order valence-corrected chi connectivity index (χ0v) is 17.7. The second-order valence-corrected chi connectivity index (χ2v) is 8.09. The minimum absolute atomic E-state index is 0.105. The van der Waals surface area contributed by atoms with Gasteiger partial charge in [0.25, 0.3) is 0 Å². The van der Waals surface area contributed by atoms with Crippen molar-refractivity contribution in [1.82, 2.24) is 5.32 Å². The van der Waals surface area contributed by atoms with Crippen LogP contribution in [0.4, 0.5) is 21.9 Å². The maximum Gasteiger partial charge on any atom is 0.323 e. The van der Waals surface area contributed by atoms with Crippen LogP contribution in [0.15, 0.2) is 48.5 Å². The van der Waals surface area contributed by atoms with Gasteiger partial charge >= 0.3 is 6.03 Å². The highest BCUT2D eigenvalue weighted by Gasteiger charge is 2.31. The first-order valence-corrected chi connectivity index (χ1v) is 10.1. The molecule has 1 atom stereocenters. The minimum atomic E-state index is -0.751. The molecule has 3 N–H and O–H groups in total. The highest BCUT2D eigenvalue weighted by atomic mass is 16.2. The molecule has 0 aromatic heterocycles. The number of para-hydroxylation sites is 2. The molecule has 30 heavy (non-hydrogen) atoms. The first-order valence-electron chi connectivity index (χ1n) is 10.1. The number of carbonyl (C=O) groups excluding carboxylic acids is 3. The number of urea groups is 1. The van der Waals surface area contributed by atoms with Crippen molar-refractivity contribution < 1.29 is 14.4 Å². The first kappa shape index (κ1) is 21.4. The Labute approximate surface area is 176 Å². The van der Waals surface area contributed by atoms with Crippen molar-refractivity contribution in [2.45, 2.75) is 39.7 Å². The molecule has 158 valence electrons. The summed E-state index contributed by atoms with van der Waals surface area (Å²) in [6, 6.07) is 13.5. The lowest BCUT2D eigenvalue weighted by Crippen LogP contribution is -2.54. The van der Waals surface area contributed by atoms with Crippen LogP contribution < -0.4 is 20.9 Å². The smallest absolute Gasteiger partial charge is 0.323 e. The molecule has 2 aromatic carbocycles. The number of hydrogen-bond donors (Lipinski definition) is 3. The van der Waals surface area contributed by atoms with Crippen LogP contribution in [-0.4, -0.2) is 30.4 Å². The predicted octanol–water partition coefficient (Wildman–Crippen LogP) is 3.94. The average molecular weight is 409 g/mol. The van der Waals surface area contributed by atoms with E-state index in [1.807, 2.05) is 38.1 Å². The Kier molecular flexibility index (Phi) is 6.40. The molecule has 0 radical (unpaired) electrons. The van der Waals surface area contributed by atoms with E-state index >= 15 is 0 Å². The third-order valence-electron chi connectivity index (χ3n) is 5.09. The van der Waals surface area contributed by atoms with Crippen LogP contribution >= 0.6 is 0 Å². The topological polar surface area (TPSA) is 90.5 Å². The van der Waals surface area contributed by atoms with Crippen molar-refractivity contribution >= 4 is 34.9 Å². The molecule has 4 amide bonds. The fourth-order valence-electron chi connectivity index (χ4n) is 3.33. The average Bonchev–Trinajstić information content (AvgIpc) is 2.71. The summed E-state index contributed by atoms with van der Waals surface area (Å²) in [5.41, 5.74) is 3.03. The molecule has 7 heteroatoms. The van der Waals surface area contributed by atoms with Gasteiger partial charge in [0.15, 0.2) is 0 Å². The molecule has 0 saturated heterocycles. The fourth-order valence-corrected chi connectivity index (χ4v) is 3.33. The van der Waals surface area contributed by atoms with Crippen LogP contribution in [-0.2, 0) is 9.59 Å². The van der Waals surface area contributed by atoms with Gasteiger partial charge in [0.05, 0.1) is 11.4 Å². The monoisotopic (exact) mass is 408 g/mol. The summed E-state index contributed by atoms with van der Waals surface area (Å²) in [5.74, 6) is -0.315. The highest BCUT2D eigenvalue weighted by Crippen LogP contribution is 2.29. The molecule has 3 rings (SSSR count). The summed E-state index contributed by atoms with van der Waals surface area (Å²) in [5, 5.41) is 8.42. The summed E-state index contributed by atoms with van der Waals surface area (Å²) in [4.78, 5) is 39.2. The summed E-state index contributed by atoms with van der Waals surface area (Å²) in [6.45, 7) is 7.84. The van der Waals surface area contributed by atoms with E-state index in [4.69, 9.17) is 0 Å². The van der Waals surface area contributed by atoms with Gasteiger partial charge in [-0.05, 0) is 41.7 Å². The largest absolute Gasteiger partial charge is 0.326 e. The number of nitrogens with zero attached hydrogens (tertiary/aromatic N) is 1. The lowest BCUT2D eigenvalue weighted by molar-refractivity contribution is -0.118. The Bertz CT molecular complexity index is 938. The molecule has 0 fully saturated rings. The number of amides is 4. The van der Waals surface area contributed by atoms with Gasteiger partial charge in [0, 0.05) is 5.69 Å². The van der Waals surface area contributed by atoms with Gasteiger partial charge in [-0.1, -0.05) is 52.0 Å². The number of rotatable bonds is 5. The zero-order chi connectivity index (χ0) is 21.8. The molecule has 0 bridgehead atoms. The van der Waals surface area contributed by atoms with E-state index in [-0.39, 0.29) is 24.3 Å². The van der Waals surface area contributed by atoms with Gasteiger partial charge in [-0.2, -0.15) is 0 Å². The van der Waals surface area contributed by atoms with Crippen LogP contribution in [0.3, 0.4) is 0 Å². The predicted molar refractivity (Wildman–Crippen MR) is 119 cm³/mol. The van der Waals surface area contributed by atoms with Crippen LogP contribution in [0.1, 0.15) is 39.2 Å². The molecule has 0 aliphatic carbocycles. The van der Waals surface area contributed by atoms with E-state index in [1.165, 1.54) is 10.5 Å². The number of benzene rings is 2. The summed E-state index contributed by atoms with van der Waals surface area (Å²) >= 11 is 0.